The van der Waals surface area contributed by atoms with Crippen LogP contribution in [0.1, 0.15) is 25.6 Å². The van der Waals surface area contributed by atoms with Crippen LogP contribution in [-0.4, -0.2) is 81.7 Å². The summed E-state index contributed by atoms with van der Waals surface area (Å²) in [6.07, 6.45) is 8.77. The maximum Gasteiger partial charge on any atom is 0.228 e. The minimum Gasteiger partial charge on any atom is -0.321 e. The molecule has 6 heterocycles. The van der Waals surface area contributed by atoms with Gasteiger partial charge in [0.1, 0.15) is 5.54 Å². The van der Waals surface area contributed by atoms with Crippen molar-refractivity contribution in [3.8, 4) is 17.3 Å². The second-order valence-electron chi connectivity index (χ2n) is 9.48. The number of aromatic amines is 1. The van der Waals surface area contributed by atoms with Gasteiger partial charge in [0, 0.05) is 44.0 Å². The van der Waals surface area contributed by atoms with Crippen LogP contribution in [-0.2, 0) is 28.5 Å². The van der Waals surface area contributed by atoms with Crippen LogP contribution in [0.25, 0.3) is 21.5 Å². The molecule has 5 aromatic heterocycles. The Morgan fingerprint density at radius 1 is 1.23 bits per heavy atom. The molecule has 6 rings (SSSR count). The molecule has 17 heteroatoms. The monoisotopic (exact) mass is 579 g/mol. The van der Waals surface area contributed by atoms with Crippen molar-refractivity contribution in [3.63, 3.8) is 0 Å². The van der Waals surface area contributed by atoms with Crippen molar-refractivity contribution in [3.05, 3.63) is 42.1 Å². The molecule has 1 fully saturated rings. The van der Waals surface area contributed by atoms with E-state index in [1.54, 1.807) is 24.0 Å². The van der Waals surface area contributed by atoms with E-state index in [0.717, 1.165) is 27.9 Å². The molecule has 2 N–H and O–H groups in total. The minimum absolute atomic E-state index is 0.0201. The Morgan fingerprint density at radius 3 is 2.88 bits per heavy atom. The third kappa shape index (κ3) is 4.92. The van der Waals surface area contributed by atoms with E-state index in [9.17, 15) is 13.7 Å². The average Bonchev–Trinajstić information content (AvgIpc) is 3.73. The summed E-state index contributed by atoms with van der Waals surface area (Å²) in [5, 5.41) is 37.6. The number of anilines is 2. The standard InChI is InChI=1S/C23H25N13O2S2/c1-2-40(37,38)35-14-23(15-35,6-7-24)36-12-16(10-26-36)20-21-18(5-9-39-21)28-22(29-20)27-17-11-25-34(13-17)8-3-4-19-30-32-33-31-19/h5,9-13H,2-4,6,8,14-15H2,1H3,(H,27,28,29)(H,30,31,32,33). The van der Waals surface area contributed by atoms with Crippen molar-refractivity contribution in [2.24, 2.45) is 0 Å². The molecule has 0 bridgehead atoms. The molecule has 1 aliphatic rings. The Balaban J connectivity index is 1.22. The highest BCUT2D eigenvalue weighted by molar-refractivity contribution is 7.89. The van der Waals surface area contributed by atoms with Crippen LogP contribution in [0, 0.1) is 11.3 Å². The fourth-order valence-corrected chi connectivity index (χ4v) is 6.74. The zero-order valence-electron chi connectivity index (χ0n) is 21.5. The summed E-state index contributed by atoms with van der Waals surface area (Å²) in [7, 11) is -3.34. The number of aromatic nitrogens is 10. The molecule has 40 heavy (non-hydrogen) atoms. The maximum atomic E-state index is 12.3. The van der Waals surface area contributed by atoms with Gasteiger partial charge in [-0.05, 0) is 24.8 Å². The van der Waals surface area contributed by atoms with Crippen molar-refractivity contribution in [1.29, 1.82) is 5.26 Å². The predicted molar refractivity (Wildman–Crippen MR) is 146 cm³/mol. The molecule has 0 unspecified atom stereocenters. The zero-order chi connectivity index (χ0) is 27.7. The highest BCUT2D eigenvalue weighted by Gasteiger charge is 2.49. The summed E-state index contributed by atoms with van der Waals surface area (Å²) in [6, 6.07) is 4.13. The number of aryl methyl sites for hydroxylation is 2. The molecule has 0 spiro atoms. The van der Waals surface area contributed by atoms with Crippen molar-refractivity contribution >= 4 is 43.2 Å². The van der Waals surface area contributed by atoms with Gasteiger partial charge in [-0.25, -0.2) is 18.4 Å². The molecule has 0 atom stereocenters. The van der Waals surface area contributed by atoms with Gasteiger partial charge in [-0.15, -0.1) is 21.5 Å². The lowest BCUT2D eigenvalue weighted by Crippen LogP contribution is -2.64. The quantitative estimate of drug-likeness (QED) is 0.232. The summed E-state index contributed by atoms with van der Waals surface area (Å²) >= 11 is 1.53. The Morgan fingerprint density at radius 2 is 2.10 bits per heavy atom. The summed E-state index contributed by atoms with van der Waals surface area (Å²) in [5.41, 5.74) is 2.27. The molecule has 15 nitrogen and oxygen atoms in total. The molecule has 0 aliphatic carbocycles. The highest BCUT2D eigenvalue weighted by atomic mass is 32.2. The fourth-order valence-electron chi connectivity index (χ4n) is 4.66. The molecule has 1 saturated heterocycles. The first-order valence-corrected chi connectivity index (χ1v) is 15.1. The first kappa shape index (κ1) is 26.0. The van der Waals surface area contributed by atoms with Gasteiger partial charge >= 0.3 is 0 Å². The van der Waals surface area contributed by atoms with Crippen LogP contribution in [0.5, 0.6) is 0 Å². The number of hydrogen-bond acceptors (Lipinski definition) is 12. The van der Waals surface area contributed by atoms with Crippen LogP contribution in [0.2, 0.25) is 0 Å². The van der Waals surface area contributed by atoms with E-state index < -0.39 is 15.6 Å². The van der Waals surface area contributed by atoms with Crippen LogP contribution < -0.4 is 5.32 Å². The normalized spacial score (nSPS) is 15.2. The predicted octanol–water partition coefficient (Wildman–Crippen LogP) is 1.92. The van der Waals surface area contributed by atoms with Crippen LogP contribution in [0.3, 0.4) is 0 Å². The number of tetrazole rings is 1. The second kappa shape index (κ2) is 10.4. The first-order chi connectivity index (χ1) is 19.4. The SMILES string of the molecule is CCS(=O)(=O)N1CC(CC#N)(n2cc(-c3nc(Nc4cnn(CCCc5nn[nH]n5)c4)nc4ccsc34)cn2)C1. The summed E-state index contributed by atoms with van der Waals surface area (Å²) < 4.78 is 30.5. The molecule has 0 aromatic carbocycles. The first-order valence-electron chi connectivity index (χ1n) is 12.6. The third-order valence-corrected chi connectivity index (χ3v) is 9.50. The fraction of sp³-hybridized carbons (Fsp3) is 0.391. The molecular formula is C23H25N13O2S2. The van der Waals surface area contributed by atoms with Gasteiger partial charge in [0.25, 0.3) is 0 Å². The lowest BCUT2D eigenvalue weighted by molar-refractivity contribution is 0.0719. The Kier molecular flexibility index (Phi) is 6.73. The van der Waals surface area contributed by atoms with Gasteiger partial charge in [0.2, 0.25) is 16.0 Å². The summed E-state index contributed by atoms with van der Waals surface area (Å²) in [6.45, 7) is 2.72. The number of nitriles is 1. The maximum absolute atomic E-state index is 12.3. The van der Waals surface area contributed by atoms with Gasteiger partial charge in [-0.2, -0.15) is 25.0 Å². The third-order valence-electron chi connectivity index (χ3n) is 6.82. The number of thiophene rings is 1. The smallest absolute Gasteiger partial charge is 0.228 e. The molecule has 0 radical (unpaired) electrons. The molecule has 206 valence electrons. The molecule has 0 saturated carbocycles. The van der Waals surface area contributed by atoms with E-state index in [4.69, 9.17) is 4.98 Å². The van der Waals surface area contributed by atoms with Crippen molar-refractivity contribution in [1.82, 2.24) is 54.5 Å². The number of hydrogen-bond donors (Lipinski definition) is 2. The Labute approximate surface area is 232 Å². The van der Waals surface area contributed by atoms with E-state index >= 15 is 0 Å². The number of H-pyrrole nitrogens is 1. The van der Waals surface area contributed by atoms with Gasteiger partial charge in [0.05, 0.1) is 52.2 Å². The largest absolute Gasteiger partial charge is 0.321 e. The number of sulfonamides is 1. The van der Waals surface area contributed by atoms with E-state index in [0.29, 0.717) is 30.4 Å². The average molecular weight is 580 g/mol. The molecular weight excluding hydrogens is 554 g/mol. The van der Waals surface area contributed by atoms with Crippen molar-refractivity contribution < 1.29 is 8.42 Å². The van der Waals surface area contributed by atoms with Crippen molar-refractivity contribution in [2.45, 2.75) is 38.3 Å². The number of rotatable bonds is 11. The van der Waals surface area contributed by atoms with E-state index in [2.05, 4.69) is 47.2 Å². The van der Waals surface area contributed by atoms with Gasteiger partial charge < -0.3 is 5.32 Å². The Hall–Kier alpha value is -4.27. The summed E-state index contributed by atoms with van der Waals surface area (Å²) in [4.78, 5) is 9.46. The lowest BCUT2D eigenvalue weighted by Gasteiger charge is -2.47. The molecule has 0 amide bonds. The molecule has 1 aliphatic heterocycles. The van der Waals surface area contributed by atoms with Crippen molar-refractivity contribution in [2.75, 3.05) is 24.2 Å². The van der Waals surface area contributed by atoms with E-state index in [1.807, 2.05) is 28.5 Å². The zero-order valence-corrected chi connectivity index (χ0v) is 23.1. The lowest BCUT2D eigenvalue weighted by atomic mass is 9.89. The van der Waals surface area contributed by atoms with Crippen LogP contribution in [0.15, 0.2) is 36.2 Å². The minimum atomic E-state index is -3.34. The van der Waals surface area contributed by atoms with E-state index in [-0.39, 0.29) is 25.3 Å². The van der Waals surface area contributed by atoms with Crippen LogP contribution >= 0.6 is 11.3 Å². The Bertz CT molecular complexity index is 1780. The van der Waals surface area contributed by atoms with Crippen LogP contribution in [0.4, 0.5) is 11.6 Å². The number of nitrogens with zero attached hydrogens (tertiary/aromatic N) is 11. The summed E-state index contributed by atoms with van der Waals surface area (Å²) in [5.74, 6) is 1.10. The van der Waals surface area contributed by atoms with Gasteiger partial charge in [-0.3, -0.25) is 9.36 Å². The molecule has 5 aromatic rings. The number of fused-ring (bicyclic) bond motifs is 1. The number of nitrogens with one attached hydrogen (secondary N) is 2. The second-order valence-corrected chi connectivity index (χ2v) is 12.7. The topological polar surface area (TPSA) is 189 Å². The van der Waals surface area contributed by atoms with Gasteiger partial charge in [-0.1, -0.05) is 5.21 Å². The highest BCUT2D eigenvalue weighted by Crippen LogP contribution is 2.37. The van der Waals surface area contributed by atoms with E-state index in [1.165, 1.54) is 15.6 Å². The van der Waals surface area contributed by atoms with Gasteiger partial charge in [0.15, 0.2) is 5.82 Å².